The number of hydrogen-bond donors (Lipinski definition) is 1. The Labute approximate surface area is 86.4 Å². The van der Waals surface area contributed by atoms with Gasteiger partial charge < -0.3 is 10.3 Å². The van der Waals surface area contributed by atoms with Crippen molar-refractivity contribution in [2.75, 3.05) is 0 Å². The topological polar surface area (TPSA) is 56.7 Å². The molecule has 0 saturated carbocycles. The van der Waals surface area contributed by atoms with Crippen LogP contribution in [-0.4, -0.2) is 14.5 Å². The highest BCUT2D eigenvalue weighted by atomic mass is 32.1. The molecule has 0 fully saturated rings. The molecular weight excluding hydrogens is 196 g/mol. The van der Waals surface area contributed by atoms with Gasteiger partial charge in [0.2, 0.25) is 0 Å². The Balaban J connectivity index is 2.38. The summed E-state index contributed by atoms with van der Waals surface area (Å²) in [5.74, 6) is 0. The molecule has 14 heavy (non-hydrogen) atoms. The third-order valence-electron chi connectivity index (χ3n) is 2.03. The van der Waals surface area contributed by atoms with Gasteiger partial charge in [0.15, 0.2) is 0 Å². The summed E-state index contributed by atoms with van der Waals surface area (Å²) >= 11 is 1.62. The molecule has 74 valence electrons. The lowest BCUT2D eigenvalue weighted by molar-refractivity contribution is 0.768. The quantitative estimate of drug-likeness (QED) is 0.831. The van der Waals surface area contributed by atoms with Gasteiger partial charge in [0, 0.05) is 24.2 Å². The third kappa shape index (κ3) is 1.56. The Kier molecular flexibility index (Phi) is 2.60. The van der Waals surface area contributed by atoms with E-state index in [1.807, 2.05) is 18.7 Å². The molecule has 5 heteroatoms. The summed E-state index contributed by atoms with van der Waals surface area (Å²) < 4.78 is 2.07. The molecule has 2 rings (SSSR count). The molecule has 0 radical (unpaired) electrons. The minimum atomic E-state index is 0.554. The Hall–Kier alpha value is -1.20. The van der Waals surface area contributed by atoms with Crippen molar-refractivity contribution in [2.24, 2.45) is 5.73 Å². The molecule has 0 bridgehead atoms. The van der Waals surface area contributed by atoms with E-state index in [1.54, 1.807) is 11.3 Å². The van der Waals surface area contributed by atoms with Gasteiger partial charge in [-0.25, -0.2) is 9.97 Å². The zero-order chi connectivity index (χ0) is 9.97. The van der Waals surface area contributed by atoms with Crippen LogP contribution in [0, 0.1) is 0 Å². The van der Waals surface area contributed by atoms with Crippen LogP contribution in [0.5, 0.6) is 0 Å². The monoisotopic (exact) mass is 208 g/mol. The van der Waals surface area contributed by atoms with Gasteiger partial charge in [-0.3, -0.25) is 0 Å². The summed E-state index contributed by atoms with van der Waals surface area (Å²) in [6.45, 7) is 3.55. The molecule has 4 nitrogen and oxygen atoms in total. The number of imidazole rings is 1. The second kappa shape index (κ2) is 3.89. The predicted octanol–water partition coefficient (Wildman–Crippen LogP) is 1.49. The highest BCUT2D eigenvalue weighted by Gasteiger charge is 2.07. The largest absolute Gasteiger partial charge is 0.329 e. The minimum absolute atomic E-state index is 0.554. The van der Waals surface area contributed by atoms with Gasteiger partial charge in [0.05, 0.1) is 18.2 Å². The van der Waals surface area contributed by atoms with E-state index in [9.17, 15) is 0 Å². The van der Waals surface area contributed by atoms with Gasteiger partial charge >= 0.3 is 0 Å². The second-order valence-corrected chi connectivity index (χ2v) is 4.02. The second-order valence-electron chi connectivity index (χ2n) is 2.90. The molecule has 0 unspecified atom stereocenters. The van der Waals surface area contributed by atoms with Crippen LogP contribution in [0.2, 0.25) is 0 Å². The number of rotatable bonds is 3. The zero-order valence-electron chi connectivity index (χ0n) is 7.97. The molecule has 0 atom stereocenters. The summed E-state index contributed by atoms with van der Waals surface area (Å²) in [5, 5.41) is 0.991. The van der Waals surface area contributed by atoms with Crippen molar-refractivity contribution >= 4 is 11.3 Å². The van der Waals surface area contributed by atoms with Crippen LogP contribution in [0.3, 0.4) is 0 Å². The van der Waals surface area contributed by atoms with Crippen LogP contribution in [0.15, 0.2) is 18.7 Å². The maximum Gasteiger partial charge on any atom is 0.141 e. The average molecular weight is 208 g/mol. The van der Waals surface area contributed by atoms with Crippen molar-refractivity contribution in [1.82, 2.24) is 14.5 Å². The first-order chi connectivity index (χ1) is 6.85. The number of aryl methyl sites for hydroxylation is 1. The Morgan fingerprint density at radius 2 is 2.36 bits per heavy atom. The smallest absolute Gasteiger partial charge is 0.141 e. The molecule has 2 aromatic rings. The minimum Gasteiger partial charge on any atom is -0.329 e. The normalized spacial score (nSPS) is 10.7. The molecule has 2 N–H and O–H groups in total. The molecule has 0 spiro atoms. The zero-order valence-corrected chi connectivity index (χ0v) is 8.79. The van der Waals surface area contributed by atoms with Crippen LogP contribution in [0.1, 0.15) is 11.8 Å². The first-order valence-corrected chi connectivity index (χ1v) is 5.32. The summed E-state index contributed by atoms with van der Waals surface area (Å²) in [6, 6.07) is 0. The predicted molar refractivity (Wildman–Crippen MR) is 56.9 cm³/mol. The highest BCUT2D eigenvalue weighted by Crippen LogP contribution is 2.24. The fourth-order valence-electron chi connectivity index (χ4n) is 1.27. The Morgan fingerprint density at radius 1 is 1.50 bits per heavy atom. The van der Waals surface area contributed by atoms with Gasteiger partial charge in [0.25, 0.3) is 0 Å². The van der Waals surface area contributed by atoms with E-state index in [0.717, 1.165) is 22.1 Å². The van der Waals surface area contributed by atoms with Crippen molar-refractivity contribution in [3.8, 4) is 10.7 Å². The molecule has 0 aliphatic carbocycles. The number of hydrogen-bond acceptors (Lipinski definition) is 4. The van der Waals surface area contributed by atoms with E-state index in [0.29, 0.717) is 6.54 Å². The molecule has 0 saturated heterocycles. The molecule has 0 aliphatic rings. The molecule has 0 aliphatic heterocycles. The van der Waals surface area contributed by atoms with Crippen LogP contribution in [0.4, 0.5) is 0 Å². The summed E-state index contributed by atoms with van der Waals surface area (Å²) in [6.07, 6.45) is 5.48. The lowest BCUT2D eigenvalue weighted by atomic mass is 10.5. The number of nitrogens with two attached hydrogens (primary N) is 1. The van der Waals surface area contributed by atoms with Crippen molar-refractivity contribution in [3.05, 3.63) is 23.6 Å². The molecule has 0 aromatic carbocycles. The summed E-state index contributed by atoms with van der Waals surface area (Å²) in [7, 11) is 0. The fourth-order valence-corrected chi connectivity index (χ4v) is 2.09. The van der Waals surface area contributed by atoms with Crippen molar-refractivity contribution in [3.63, 3.8) is 0 Å². The summed E-state index contributed by atoms with van der Waals surface area (Å²) in [5.41, 5.74) is 6.60. The van der Waals surface area contributed by atoms with Gasteiger partial charge in [-0.1, -0.05) is 0 Å². The van der Waals surface area contributed by atoms with E-state index in [2.05, 4.69) is 21.5 Å². The average Bonchev–Trinajstić information content (AvgIpc) is 2.85. The van der Waals surface area contributed by atoms with Gasteiger partial charge in [-0.15, -0.1) is 11.3 Å². The van der Waals surface area contributed by atoms with Crippen molar-refractivity contribution in [2.45, 2.75) is 20.0 Å². The highest BCUT2D eigenvalue weighted by molar-refractivity contribution is 7.14. The third-order valence-corrected chi connectivity index (χ3v) is 3.07. The number of thiazole rings is 1. The van der Waals surface area contributed by atoms with Gasteiger partial charge in [0.1, 0.15) is 5.01 Å². The van der Waals surface area contributed by atoms with E-state index in [4.69, 9.17) is 5.73 Å². The molecule has 0 amide bonds. The molecule has 2 heterocycles. The maximum atomic E-state index is 5.54. The van der Waals surface area contributed by atoms with Gasteiger partial charge in [-0.2, -0.15) is 0 Å². The van der Waals surface area contributed by atoms with E-state index in [1.165, 1.54) is 0 Å². The van der Waals surface area contributed by atoms with Crippen molar-refractivity contribution in [1.29, 1.82) is 0 Å². The first-order valence-electron chi connectivity index (χ1n) is 4.50. The molecule has 2 aromatic heterocycles. The van der Waals surface area contributed by atoms with Crippen LogP contribution >= 0.6 is 11.3 Å². The summed E-state index contributed by atoms with van der Waals surface area (Å²) in [4.78, 5) is 9.52. The van der Waals surface area contributed by atoms with Crippen LogP contribution in [0.25, 0.3) is 10.7 Å². The van der Waals surface area contributed by atoms with Crippen LogP contribution < -0.4 is 5.73 Å². The van der Waals surface area contributed by atoms with Crippen LogP contribution in [-0.2, 0) is 13.1 Å². The van der Waals surface area contributed by atoms with E-state index < -0.39 is 0 Å². The first kappa shape index (κ1) is 9.36. The fraction of sp³-hybridized carbons (Fsp3) is 0.333. The Bertz CT molecular complexity index is 418. The van der Waals surface area contributed by atoms with E-state index >= 15 is 0 Å². The van der Waals surface area contributed by atoms with Gasteiger partial charge in [-0.05, 0) is 6.92 Å². The molecular formula is C9H12N4S. The number of nitrogens with zero attached hydrogens (tertiary/aromatic N) is 3. The lowest BCUT2D eigenvalue weighted by Crippen LogP contribution is -1.93. The lowest BCUT2D eigenvalue weighted by Gasteiger charge is -1.99. The number of aromatic nitrogens is 3. The van der Waals surface area contributed by atoms with E-state index in [-0.39, 0.29) is 0 Å². The van der Waals surface area contributed by atoms with Crippen molar-refractivity contribution < 1.29 is 0 Å². The standard InChI is InChI=1S/C9H12N4S/c1-2-13-6-11-5-8(13)9-12-4-7(3-10)14-9/h4-6H,2-3,10H2,1H3. The maximum absolute atomic E-state index is 5.54. The SMILES string of the molecule is CCn1cncc1-c1ncc(CN)s1. The Morgan fingerprint density at radius 3 is 3.00 bits per heavy atom.